The number of hydrogen-bond acceptors (Lipinski definition) is 8. The highest BCUT2D eigenvalue weighted by molar-refractivity contribution is 6.38. The van der Waals surface area contributed by atoms with Crippen LogP contribution < -0.4 is 26.8 Å². The van der Waals surface area contributed by atoms with Crippen molar-refractivity contribution in [3.8, 4) is 0 Å². The first-order valence-corrected chi connectivity index (χ1v) is 18.0. The van der Waals surface area contributed by atoms with E-state index in [1.807, 2.05) is 27.7 Å². The first-order valence-electron chi connectivity index (χ1n) is 18.0. The molecule has 5 rings (SSSR count). The number of hydrogen-bond donors (Lipinski definition) is 5. The number of amides is 5. The maximum atomic E-state index is 14.6. The van der Waals surface area contributed by atoms with Gasteiger partial charge < -0.3 is 30.7 Å². The molecule has 1 aromatic heterocycles. The lowest BCUT2D eigenvalue weighted by Crippen LogP contribution is -2.62. The van der Waals surface area contributed by atoms with Crippen molar-refractivity contribution in [2.45, 2.75) is 135 Å². The summed E-state index contributed by atoms with van der Waals surface area (Å²) in [4.78, 5) is 94.6. The van der Waals surface area contributed by atoms with Crippen LogP contribution in [0, 0.1) is 23.2 Å². The molecule has 5 N–H and O–H groups in total. The third-order valence-corrected chi connectivity index (χ3v) is 10.6. The Morgan fingerprint density at radius 1 is 0.939 bits per heavy atom. The number of nitrogens with one attached hydrogen (secondary N) is 5. The van der Waals surface area contributed by atoms with Gasteiger partial charge in [0.05, 0.1) is 12.1 Å². The van der Waals surface area contributed by atoms with E-state index in [9.17, 15) is 33.6 Å². The summed E-state index contributed by atoms with van der Waals surface area (Å²) in [5, 5.41) is 13.3. The summed E-state index contributed by atoms with van der Waals surface area (Å²) in [6, 6.07) is -2.87. The zero-order chi connectivity index (χ0) is 35.5. The van der Waals surface area contributed by atoms with E-state index < -0.39 is 70.5 Å². The molecule has 1 saturated heterocycles. The molecule has 49 heavy (non-hydrogen) atoms. The molecule has 1 aromatic rings. The van der Waals surface area contributed by atoms with E-state index >= 15 is 0 Å². The summed E-state index contributed by atoms with van der Waals surface area (Å²) in [6.45, 7) is 7.71. The van der Waals surface area contributed by atoms with Crippen molar-refractivity contribution in [1.82, 2.24) is 31.3 Å². The van der Waals surface area contributed by atoms with Gasteiger partial charge in [0.25, 0.3) is 17.4 Å². The highest BCUT2D eigenvalue weighted by Crippen LogP contribution is 2.43. The maximum absolute atomic E-state index is 14.6. The lowest BCUT2D eigenvalue weighted by atomic mass is 9.82. The Morgan fingerprint density at radius 2 is 1.65 bits per heavy atom. The van der Waals surface area contributed by atoms with E-state index in [-0.39, 0.29) is 29.6 Å². The number of carbonyl (C=O) groups excluding carboxylic acids is 6. The Hall–Kier alpha value is -3.97. The van der Waals surface area contributed by atoms with Gasteiger partial charge in [-0.05, 0) is 68.1 Å². The minimum absolute atomic E-state index is 0.00142. The van der Waals surface area contributed by atoms with E-state index in [4.69, 9.17) is 4.52 Å². The summed E-state index contributed by atoms with van der Waals surface area (Å²) >= 11 is 0. The summed E-state index contributed by atoms with van der Waals surface area (Å²) in [7, 11) is 0. The van der Waals surface area contributed by atoms with Crippen molar-refractivity contribution in [2.24, 2.45) is 23.2 Å². The fourth-order valence-electron chi connectivity index (χ4n) is 7.84. The van der Waals surface area contributed by atoms with Crippen LogP contribution in [0.4, 0.5) is 0 Å². The van der Waals surface area contributed by atoms with Crippen molar-refractivity contribution in [3.05, 3.63) is 22.2 Å². The first-order chi connectivity index (χ1) is 23.3. The topological polar surface area (TPSA) is 200 Å². The summed E-state index contributed by atoms with van der Waals surface area (Å²) < 4.78 is 4.97. The minimum atomic E-state index is -1.04. The Kier molecular flexibility index (Phi) is 11.3. The lowest BCUT2D eigenvalue weighted by molar-refractivity contribution is -0.146. The van der Waals surface area contributed by atoms with Crippen molar-refractivity contribution in [3.63, 3.8) is 0 Å². The molecule has 14 heteroatoms. The predicted octanol–water partition coefficient (Wildman–Crippen LogP) is 1.94. The molecule has 0 aromatic carbocycles. The first kappa shape index (κ1) is 36.3. The van der Waals surface area contributed by atoms with Gasteiger partial charge in [-0.2, -0.15) is 5.16 Å². The molecule has 3 saturated carbocycles. The van der Waals surface area contributed by atoms with Crippen LogP contribution in [0.5, 0.6) is 0 Å². The predicted molar refractivity (Wildman–Crippen MR) is 178 cm³/mol. The quantitative estimate of drug-likeness (QED) is 0.194. The fraction of sp³-hybridized carbons (Fsp3) is 0.743. The smallest absolute Gasteiger partial charge is 0.290 e. The number of ketones is 1. The molecule has 270 valence electrons. The van der Waals surface area contributed by atoms with E-state index in [1.165, 1.54) is 0 Å². The lowest BCUT2D eigenvalue weighted by Gasteiger charge is -2.38. The zero-order valence-corrected chi connectivity index (χ0v) is 29.1. The second kappa shape index (κ2) is 15.3. The molecule has 0 bridgehead atoms. The number of aromatic nitrogens is 1. The Balaban J connectivity index is 1.36. The molecule has 2 heterocycles. The number of nitrogens with zero attached hydrogens (tertiary/aromatic N) is 1. The number of fused-ring (bicyclic) bond motifs is 1. The highest BCUT2D eigenvalue weighted by atomic mass is 16.5. The van der Waals surface area contributed by atoms with Crippen LogP contribution in [0.1, 0.15) is 115 Å². The standard InChI is InChI=1S/C35H52N6O8/c1-5-10-23(28(43)33(47)36-21-15-16-21)37-32(46)27-22-14-9-13-20(22)18-41(27)34(48)29(35(2,3)4)39-31(45)26(19-11-7-6-8-12-19)38-30(44)24-17-25(42)40-49-24/h17,19-23,26-27,29H,5-16,18H2,1-4H3,(H,36,47)(H,37,46)(H,38,44)(H,39,45)(H,40,42)/t20?,22-,23-,26-,27?,29+/m0/s1. The average molecular weight is 685 g/mol. The van der Waals surface area contributed by atoms with E-state index in [0.29, 0.717) is 32.2 Å². The normalized spacial score (nSPS) is 24.3. The van der Waals surface area contributed by atoms with E-state index in [1.54, 1.807) is 4.90 Å². The van der Waals surface area contributed by atoms with Gasteiger partial charge in [0.15, 0.2) is 0 Å². The Bertz CT molecular complexity index is 1470. The highest BCUT2D eigenvalue weighted by Gasteiger charge is 2.52. The van der Waals surface area contributed by atoms with Crippen LogP contribution in [0.25, 0.3) is 0 Å². The molecule has 0 radical (unpaired) electrons. The molecule has 6 atom stereocenters. The molecule has 1 aliphatic heterocycles. The van der Waals surface area contributed by atoms with Crippen LogP contribution >= 0.6 is 0 Å². The zero-order valence-electron chi connectivity index (χ0n) is 29.1. The van der Waals surface area contributed by atoms with Gasteiger partial charge in [-0.25, -0.2) is 0 Å². The third kappa shape index (κ3) is 8.61. The number of rotatable bonds is 13. The minimum Gasteiger partial charge on any atom is -0.373 e. The summed E-state index contributed by atoms with van der Waals surface area (Å²) in [5.74, 6) is -3.94. The second-order valence-corrected chi connectivity index (χ2v) is 15.5. The number of likely N-dealkylation sites (tertiary alicyclic amines) is 1. The number of Topliss-reactive ketones (excluding diaryl/α,β-unsaturated/α-hetero) is 1. The van der Waals surface area contributed by atoms with Gasteiger partial charge in [-0.3, -0.25) is 33.6 Å². The SMILES string of the molecule is CCC[C@H](NC(=O)C1[C@H]2CCCC2CN1C(=O)[C@@H](NC(=O)[C@@H](NC(=O)c1cc(=O)[nH]o1)C1CCCCC1)C(C)(C)C)C(=O)C(=O)NC1CC1. The van der Waals surface area contributed by atoms with Gasteiger partial charge in [-0.15, -0.1) is 0 Å². The molecule has 4 aliphatic rings. The van der Waals surface area contributed by atoms with Crippen LogP contribution in [0.3, 0.4) is 0 Å². The van der Waals surface area contributed by atoms with Gasteiger partial charge in [-0.1, -0.05) is 59.8 Å². The molecule has 0 spiro atoms. The average Bonchev–Trinajstić information content (AvgIpc) is 3.40. The molecule has 4 fully saturated rings. The van der Waals surface area contributed by atoms with Crippen molar-refractivity contribution in [1.29, 1.82) is 0 Å². The van der Waals surface area contributed by atoms with Crippen molar-refractivity contribution in [2.75, 3.05) is 6.54 Å². The maximum Gasteiger partial charge on any atom is 0.290 e. The van der Waals surface area contributed by atoms with Crippen molar-refractivity contribution >= 4 is 35.3 Å². The summed E-state index contributed by atoms with van der Waals surface area (Å²) in [5.41, 5.74) is -1.36. The van der Waals surface area contributed by atoms with Gasteiger partial charge >= 0.3 is 0 Å². The molecule has 3 aliphatic carbocycles. The third-order valence-electron chi connectivity index (χ3n) is 10.6. The van der Waals surface area contributed by atoms with Gasteiger partial charge in [0.1, 0.15) is 18.1 Å². The molecule has 2 unspecified atom stereocenters. The van der Waals surface area contributed by atoms with E-state index in [0.717, 1.165) is 57.4 Å². The van der Waals surface area contributed by atoms with Crippen molar-refractivity contribution < 1.29 is 33.3 Å². The van der Waals surface area contributed by atoms with Crippen LogP contribution in [0.15, 0.2) is 15.4 Å². The number of H-pyrrole nitrogens is 1. The second-order valence-electron chi connectivity index (χ2n) is 15.5. The summed E-state index contributed by atoms with van der Waals surface area (Å²) in [6.07, 6.45) is 9.26. The Labute approximate surface area is 286 Å². The van der Waals surface area contributed by atoms with Crippen LogP contribution in [-0.4, -0.2) is 82.1 Å². The monoisotopic (exact) mass is 684 g/mol. The largest absolute Gasteiger partial charge is 0.373 e. The number of carbonyl (C=O) groups is 6. The molecular formula is C35H52N6O8. The van der Waals surface area contributed by atoms with Crippen LogP contribution in [-0.2, 0) is 24.0 Å². The Morgan fingerprint density at radius 3 is 2.27 bits per heavy atom. The van der Waals surface area contributed by atoms with Crippen LogP contribution in [0.2, 0.25) is 0 Å². The molecule has 14 nitrogen and oxygen atoms in total. The fourth-order valence-corrected chi connectivity index (χ4v) is 7.84. The van der Waals surface area contributed by atoms with Gasteiger partial charge in [0.2, 0.25) is 29.3 Å². The van der Waals surface area contributed by atoms with Gasteiger partial charge in [0, 0.05) is 12.6 Å². The number of aromatic amines is 1. The molecular weight excluding hydrogens is 632 g/mol. The molecule has 5 amide bonds. The van der Waals surface area contributed by atoms with E-state index in [2.05, 4.69) is 26.4 Å².